The van der Waals surface area contributed by atoms with Crippen molar-refractivity contribution < 1.29 is 4.39 Å². The standard InChI is InChI=1S/C17H10ClFN4O2/c18-10-3-1-9(2-4-10)8-20-23-16(24)15-14(22-17(23)25)12-7-11(19)5-6-13(12)21-15/h1-8,21H,(H,22,25)/b20-8-. The first-order valence-corrected chi connectivity index (χ1v) is 7.67. The van der Waals surface area contributed by atoms with Crippen LogP contribution in [-0.2, 0) is 0 Å². The normalized spacial score (nSPS) is 11.8. The van der Waals surface area contributed by atoms with Gasteiger partial charge in [-0.25, -0.2) is 9.18 Å². The molecular weight excluding hydrogens is 347 g/mol. The molecule has 4 aromatic rings. The van der Waals surface area contributed by atoms with Crippen LogP contribution in [0.1, 0.15) is 5.56 Å². The van der Waals surface area contributed by atoms with Crippen LogP contribution in [0.25, 0.3) is 21.9 Å². The van der Waals surface area contributed by atoms with Crippen molar-refractivity contribution in [3.63, 3.8) is 0 Å². The van der Waals surface area contributed by atoms with Crippen LogP contribution in [0, 0.1) is 5.82 Å². The lowest BCUT2D eigenvalue weighted by atomic mass is 10.2. The predicted molar refractivity (Wildman–Crippen MR) is 95.1 cm³/mol. The summed E-state index contributed by atoms with van der Waals surface area (Å²) in [5.74, 6) is -0.459. The second-order valence-electron chi connectivity index (χ2n) is 5.41. The third-order valence-corrected chi connectivity index (χ3v) is 4.04. The molecule has 2 aromatic carbocycles. The number of fused-ring (bicyclic) bond motifs is 3. The summed E-state index contributed by atoms with van der Waals surface area (Å²) < 4.78 is 14.1. The number of rotatable bonds is 2. The van der Waals surface area contributed by atoms with Crippen molar-refractivity contribution in [3.8, 4) is 0 Å². The molecule has 4 rings (SSSR count). The first kappa shape index (κ1) is 15.3. The molecule has 0 saturated carbocycles. The van der Waals surface area contributed by atoms with E-state index < -0.39 is 17.1 Å². The number of halogens is 2. The average Bonchev–Trinajstić information content (AvgIpc) is 2.94. The molecule has 0 aliphatic heterocycles. The van der Waals surface area contributed by atoms with Crippen molar-refractivity contribution in [2.24, 2.45) is 5.10 Å². The van der Waals surface area contributed by atoms with Crippen LogP contribution in [0.15, 0.2) is 57.2 Å². The van der Waals surface area contributed by atoms with E-state index in [1.807, 2.05) is 0 Å². The summed E-state index contributed by atoms with van der Waals surface area (Å²) in [5.41, 5.74) is 0.280. The van der Waals surface area contributed by atoms with E-state index in [0.29, 0.717) is 26.2 Å². The fourth-order valence-electron chi connectivity index (χ4n) is 2.59. The summed E-state index contributed by atoms with van der Waals surface area (Å²) in [6, 6.07) is 10.8. The van der Waals surface area contributed by atoms with E-state index in [1.54, 1.807) is 24.3 Å². The minimum atomic E-state index is -0.715. The van der Waals surface area contributed by atoms with E-state index in [-0.39, 0.29) is 11.0 Å². The number of hydrogen-bond donors (Lipinski definition) is 2. The third kappa shape index (κ3) is 2.64. The summed E-state index contributed by atoms with van der Waals surface area (Å²) in [7, 11) is 0. The molecule has 0 unspecified atom stereocenters. The van der Waals surface area contributed by atoms with Crippen molar-refractivity contribution in [1.29, 1.82) is 0 Å². The molecule has 6 nitrogen and oxygen atoms in total. The number of nitrogens with zero attached hydrogens (tertiary/aromatic N) is 2. The molecule has 2 heterocycles. The molecule has 0 spiro atoms. The Balaban J connectivity index is 1.90. The van der Waals surface area contributed by atoms with E-state index >= 15 is 0 Å². The Labute approximate surface area is 144 Å². The van der Waals surface area contributed by atoms with E-state index in [1.165, 1.54) is 24.4 Å². The highest BCUT2D eigenvalue weighted by Gasteiger charge is 2.13. The number of aromatic amines is 2. The van der Waals surface area contributed by atoms with Gasteiger partial charge in [-0.15, -0.1) is 4.68 Å². The van der Waals surface area contributed by atoms with Gasteiger partial charge in [0, 0.05) is 15.9 Å². The van der Waals surface area contributed by atoms with E-state index in [4.69, 9.17) is 11.6 Å². The molecule has 0 radical (unpaired) electrons. The smallest absolute Gasteiger partial charge is 0.349 e. The molecule has 0 fully saturated rings. The summed E-state index contributed by atoms with van der Waals surface area (Å²) in [5, 5.41) is 4.94. The number of nitrogens with one attached hydrogen (secondary N) is 2. The third-order valence-electron chi connectivity index (χ3n) is 3.78. The lowest BCUT2D eigenvalue weighted by Crippen LogP contribution is -2.32. The zero-order valence-corrected chi connectivity index (χ0v) is 13.3. The van der Waals surface area contributed by atoms with Gasteiger partial charge in [-0.05, 0) is 35.9 Å². The minimum Gasteiger partial charge on any atom is -0.349 e. The number of aromatic nitrogens is 3. The Bertz CT molecular complexity index is 1250. The number of hydrogen-bond acceptors (Lipinski definition) is 3. The zero-order chi connectivity index (χ0) is 17.6. The summed E-state index contributed by atoms with van der Waals surface area (Å²) in [6.07, 6.45) is 1.38. The second kappa shape index (κ2) is 5.71. The molecule has 25 heavy (non-hydrogen) atoms. The van der Waals surface area contributed by atoms with Gasteiger partial charge in [0.05, 0.1) is 11.7 Å². The Morgan fingerprint density at radius 1 is 1.04 bits per heavy atom. The summed E-state index contributed by atoms with van der Waals surface area (Å²) in [6.45, 7) is 0. The maximum atomic E-state index is 13.4. The minimum absolute atomic E-state index is 0.147. The average molecular weight is 357 g/mol. The highest BCUT2D eigenvalue weighted by molar-refractivity contribution is 6.30. The topological polar surface area (TPSA) is 83.0 Å². The van der Waals surface area contributed by atoms with Crippen molar-refractivity contribution in [2.45, 2.75) is 0 Å². The number of benzene rings is 2. The molecule has 124 valence electrons. The molecule has 0 bridgehead atoms. The first-order valence-electron chi connectivity index (χ1n) is 7.29. The van der Waals surface area contributed by atoms with Gasteiger partial charge in [0.1, 0.15) is 11.3 Å². The highest BCUT2D eigenvalue weighted by atomic mass is 35.5. The SMILES string of the molecule is O=c1[nH]c2c([nH]c3ccc(F)cc32)c(=O)n1/N=C\c1ccc(Cl)cc1. The van der Waals surface area contributed by atoms with Crippen LogP contribution in [0.2, 0.25) is 5.02 Å². The van der Waals surface area contributed by atoms with Crippen LogP contribution < -0.4 is 11.2 Å². The summed E-state index contributed by atoms with van der Waals surface area (Å²) in [4.78, 5) is 30.2. The molecule has 2 aromatic heterocycles. The molecule has 0 aliphatic rings. The van der Waals surface area contributed by atoms with Crippen molar-refractivity contribution >= 4 is 39.8 Å². The Kier molecular flexibility index (Phi) is 3.51. The van der Waals surface area contributed by atoms with Crippen LogP contribution in [0.5, 0.6) is 0 Å². The fourth-order valence-corrected chi connectivity index (χ4v) is 2.72. The summed E-state index contributed by atoms with van der Waals surface area (Å²) >= 11 is 5.81. The van der Waals surface area contributed by atoms with Gasteiger partial charge >= 0.3 is 11.2 Å². The quantitative estimate of drug-likeness (QED) is 0.541. The van der Waals surface area contributed by atoms with Crippen LogP contribution in [0.4, 0.5) is 4.39 Å². The second-order valence-corrected chi connectivity index (χ2v) is 5.84. The Morgan fingerprint density at radius 3 is 2.56 bits per heavy atom. The molecular formula is C17H10ClFN4O2. The Hall–Kier alpha value is -3.19. The van der Waals surface area contributed by atoms with Gasteiger partial charge in [0.2, 0.25) is 0 Å². The van der Waals surface area contributed by atoms with Crippen molar-refractivity contribution in [1.82, 2.24) is 14.6 Å². The van der Waals surface area contributed by atoms with Gasteiger partial charge in [-0.2, -0.15) is 5.10 Å². The predicted octanol–water partition coefficient (Wildman–Crippen LogP) is 2.85. The van der Waals surface area contributed by atoms with Crippen molar-refractivity contribution in [3.05, 3.63) is 79.7 Å². The fraction of sp³-hybridized carbons (Fsp3) is 0. The maximum Gasteiger partial charge on any atom is 0.350 e. The lowest BCUT2D eigenvalue weighted by molar-refractivity contribution is 0.630. The van der Waals surface area contributed by atoms with Gasteiger partial charge in [-0.3, -0.25) is 4.79 Å². The van der Waals surface area contributed by atoms with Crippen LogP contribution >= 0.6 is 11.6 Å². The van der Waals surface area contributed by atoms with Crippen LogP contribution in [0.3, 0.4) is 0 Å². The lowest BCUT2D eigenvalue weighted by Gasteiger charge is -1.98. The molecule has 0 aliphatic carbocycles. The molecule has 2 N–H and O–H groups in total. The van der Waals surface area contributed by atoms with Crippen molar-refractivity contribution in [2.75, 3.05) is 0 Å². The highest BCUT2D eigenvalue weighted by Crippen LogP contribution is 2.21. The molecule has 0 atom stereocenters. The number of H-pyrrole nitrogens is 2. The van der Waals surface area contributed by atoms with E-state index in [9.17, 15) is 14.0 Å². The Morgan fingerprint density at radius 2 is 1.80 bits per heavy atom. The van der Waals surface area contributed by atoms with Gasteiger partial charge in [-0.1, -0.05) is 23.7 Å². The van der Waals surface area contributed by atoms with Crippen LogP contribution in [-0.4, -0.2) is 20.9 Å². The van der Waals surface area contributed by atoms with Gasteiger partial charge < -0.3 is 9.97 Å². The molecule has 0 amide bonds. The molecule has 8 heteroatoms. The zero-order valence-electron chi connectivity index (χ0n) is 12.6. The largest absolute Gasteiger partial charge is 0.350 e. The maximum absolute atomic E-state index is 13.4. The van der Waals surface area contributed by atoms with E-state index in [2.05, 4.69) is 15.1 Å². The van der Waals surface area contributed by atoms with Gasteiger partial charge in [0.25, 0.3) is 0 Å². The van der Waals surface area contributed by atoms with Gasteiger partial charge in [0.15, 0.2) is 0 Å². The monoisotopic (exact) mass is 356 g/mol. The first-order chi connectivity index (χ1) is 12.0. The van der Waals surface area contributed by atoms with E-state index in [0.717, 1.165) is 0 Å². The molecule has 0 saturated heterocycles.